The largest absolute Gasteiger partial charge is 0.368 e. The van der Waals surface area contributed by atoms with Gasteiger partial charge < -0.3 is 11.1 Å². The maximum atomic E-state index is 12.4. The number of hydrogen-bond acceptors (Lipinski definition) is 5. The van der Waals surface area contributed by atoms with Crippen LogP contribution in [0.15, 0.2) is 30.6 Å². The van der Waals surface area contributed by atoms with Gasteiger partial charge in [-0.1, -0.05) is 19.9 Å². The monoisotopic (exact) mass is 313 g/mol. The van der Waals surface area contributed by atoms with E-state index >= 15 is 0 Å². The van der Waals surface area contributed by atoms with Gasteiger partial charge in [0.05, 0.1) is 0 Å². The van der Waals surface area contributed by atoms with Gasteiger partial charge >= 0.3 is 0 Å². The minimum absolute atomic E-state index is 0.0311. The quantitative estimate of drug-likeness (QED) is 0.851. The van der Waals surface area contributed by atoms with E-state index in [0.717, 1.165) is 17.7 Å². The molecule has 0 aliphatic carbocycles. The maximum Gasteiger partial charge on any atom is 0.270 e. The molecule has 3 N–H and O–H groups in total. The average molecular weight is 313 g/mol. The summed E-state index contributed by atoms with van der Waals surface area (Å²) < 4.78 is 0. The third-order valence-electron chi connectivity index (χ3n) is 3.29. The molecule has 0 aliphatic rings. The Morgan fingerprint density at radius 1 is 1.26 bits per heavy atom. The molecule has 0 bridgehead atoms. The van der Waals surface area contributed by atoms with Crippen LogP contribution in [-0.2, 0) is 12.8 Å². The molecule has 2 aromatic rings. The topological polar surface area (TPSA) is 93.8 Å². The van der Waals surface area contributed by atoms with Gasteiger partial charge in [-0.05, 0) is 43.4 Å². The zero-order chi connectivity index (χ0) is 16.8. The summed E-state index contributed by atoms with van der Waals surface area (Å²) in [5, 5.41) is 2.94. The van der Waals surface area contributed by atoms with Crippen LogP contribution in [0.3, 0.4) is 0 Å². The van der Waals surface area contributed by atoms with E-state index in [9.17, 15) is 4.79 Å². The van der Waals surface area contributed by atoms with Crippen molar-refractivity contribution in [1.82, 2.24) is 20.3 Å². The number of nitrogen functional groups attached to an aromatic ring is 1. The second-order valence-electron chi connectivity index (χ2n) is 6.14. The van der Waals surface area contributed by atoms with Crippen LogP contribution >= 0.6 is 0 Å². The Bertz CT molecular complexity index is 657. The van der Waals surface area contributed by atoms with Gasteiger partial charge in [0.1, 0.15) is 5.69 Å². The Kier molecular flexibility index (Phi) is 5.62. The summed E-state index contributed by atoms with van der Waals surface area (Å²) in [5.74, 6) is 0.332. The molecule has 0 saturated carbocycles. The minimum atomic E-state index is -0.236. The lowest BCUT2D eigenvalue weighted by atomic mass is 10.1. The van der Waals surface area contributed by atoms with Crippen LogP contribution in [0.4, 0.5) is 5.95 Å². The predicted molar refractivity (Wildman–Crippen MR) is 89.9 cm³/mol. The lowest BCUT2D eigenvalue weighted by Crippen LogP contribution is -2.35. The van der Waals surface area contributed by atoms with Crippen molar-refractivity contribution < 1.29 is 4.79 Å². The molecule has 0 aromatic carbocycles. The molecule has 2 aromatic heterocycles. The van der Waals surface area contributed by atoms with Gasteiger partial charge in [0.2, 0.25) is 5.95 Å². The summed E-state index contributed by atoms with van der Waals surface area (Å²) in [5.41, 5.74) is 7.89. The SMILES string of the molecule is CC(C)Cc1cc(C(=O)NC(C)Cc2cccnc2)nc(N)n1. The summed E-state index contributed by atoms with van der Waals surface area (Å²) in [6.45, 7) is 6.13. The van der Waals surface area contributed by atoms with Crippen molar-refractivity contribution in [3.63, 3.8) is 0 Å². The van der Waals surface area contributed by atoms with Crippen molar-refractivity contribution in [3.05, 3.63) is 47.5 Å². The first-order chi connectivity index (χ1) is 10.9. The Morgan fingerprint density at radius 3 is 2.70 bits per heavy atom. The highest BCUT2D eigenvalue weighted by Crippen LogP contribution is 2.09. The molecule has 2 heterocycles. The van der Waals surface area contributed by atoms with Gasteiger partial charge in [-0.15, -0.1) is 0 Å². The van der Waals surface area contributed by atoms with Crippen LogP contribution in [-0.4, -0.2) is 26.9 Å². The van der Waals surface area contributed by atoms with E-state index in [-0.39, 0.29) is 17.9 Å². The molecule has 6 nitrogen and oxygen atoms in total. The number of carbonyl (C=O) groups is 1. The van der Waals surface area contributed by atoms with E-state index in [0.29, 0.717) is 18.0 Å². The number of nitrogens with zero attached hydrogens (tertiary/aromatic N) is 3. The van der Waals surface area contributed by atoms with Crippen LogP contribution in [0.1, 0.15) is 42.5 Å². The highest BCUT2D eigenvalue weighted by molar-refractivity contribution is 5.92. The Morgan fingerprint density at radius 2 is 2.04 bits per heavy atom. The minimum Gasteiger partial charge on any atom is -0.368 e. The molecule has 1 unspecified atom stereocenters. The second kappa shape index (κ2) is 7.67. The zero-order valence-electron chi connectivity index (χ0n) is 13.8. The van der Waals surface area contributed by atoms with Crippen molar-refractivity contribution in [2.75, 3.05) is 5.73 Å². The molecule has 0 radical (unpaired) electrons. The number of anilines is 1. The summed E-state index contributed by atoms with van der Waals surface area (Å²) in [7, 11) is 0. The van der Waals surface area contributed by atoms with Gasteiger partial charge in [-0.2, -0.15) is 0 Å². The normalized spacial score (nSPS) is 12.2. The maximum absolute atomic E-state index is 12.4. The zero-order valence-corrected chi connectivity index (χ0v) is 13.8. The highest BCUT2D eigenvalue weighted by Gasteiger charge is 2.14. The number of nitrogens with two attached hydrogens (primary N) is 1. The Balaban J connectivity index is 2.03. The molecular weight excluding hydrogens is 290 g/mol. The van der Waals surface area contributed by atoms with E-state index in [2.05, 4.69) is 34.1 Å². The molecule has 122 valence electrons. The summed E-state index contributed by atoms with van der Waals surface area (Å²) in [6, 6.07) is 5.55. The molecule has 0 fully saturated rings. The summed E-state index contributed by atoms with van der Waals surface area (Å²) in [6.07, 6.45) is 5.00. The molecule has 0 spiro atoms. The fourth-order valence-corrected chi connectivity index (χ4v) is 2.38. The highest BCUT2D eigenvalue weighted by atomic mass is 16.1. The third kappa shape index (κ3) is 5.32. The van der Waals surface area contributed by atoms with E-state index in [1.165, 1.54) is 0 Å². The van der Waals surface area contributed by atoms with Crippen molar-refractivity contribution in [2.24, 2.45) is 5.92 Å². The van der Waals surface area contributed by atoms with Crippen molar-refractivity contribution in [2.45, 2.75) is 39.7 Å². The number of amides is 1. The molecule has 1 amide bonds. The van der Waals surface area contributed by atoms with Crippen molar-refractivity contribution in [1.29, 1.82) is 0 Å². The van der Waals surface area contributed by atoms with Crippen LogP contribution in [0.5, 0.6) is 0 Å². The van der Waals surface area contributed by atoms with E-state index in [4.69, 9.17) is 5.73 Å². The fourth-order valence-electron chi connectivity index (χ4n) is 2.38. The summed E-state index contributed by atoms with van der Waals surface area (Å²) >= 11 is 0. The Labute approximate surface area is 136 Å². The standard InChI is InChI=1S/C17H23N5O/c1-11(2)7-14-9-15(22-17(18)21-14)16(23)20-12(3)8-13-5-4-6-19-10-13/h4-6,9-12H,7-8H2,1-3H3,(H,20,23)(H2,18,21,22). The number of rotatable bonds is 6. The molecule has 1 atom stereocenters. The Hall–Kier alpha value is -2.50. The van der Waals surface area contributed by atoms with E-state index in [1.54, 1.807) is 18.5 Å². The van der Waals surface area contributed by atoms with Gasteiger partial charge in [-0.3, -0.25) is 9.78 Å². The molecule has 23 heavy (non-hydrogen) atoms. The second-order valence-corrected chi connectivity index (χ2v) is 6.14. The van der Waals surface area contributed by atoms with Gasteiger partial charge in [0.25, 0.3) is 5.91 Å². The van der Waals surface area contributed by atoms with Gasteiger partial charge in [0.15, 0.2) is 0 Å². The molecule has 0 saturated heterocycles. The first-order valence-electron chi connectivity index (χ1n) is 7.77. The van der Waals surface area contributed by atoms with Crippen LogP contribution in [0.25, 0.3) is 0 Å². The van der Waals surface area contributed by atoms with Crippen LogP contribution < -0.4 is 11.1 Å². The fraction of sp³-hybridized carbons (Fsp3) is 0.412. The van der Waals surface area contributed by atoms with E-state index in [1.807, 2.05) is 19.1 Å². The van der Waals surface area contributed by atoms with Crippen molar-refractivity contribution >= 4 is 11.9 Å². The first kappa shape index (κ1) is 16.9. The number of carbonyl (C=O) groups excluding carboxylic acids is 1. The summed E-state index contributed by atoms with van der Waals surface area (Å²) in [4.78, 5) is 24.7. The van der Waals surface area contributed by atoms with Crippen LogP contribution in [0, 0.1) is 5.92 Å². The lowest BCUT2D eigenvalue weighted by Gasteiger charge is -2.14. The smallest absolute Gasteiger partial charge is 0.270 e. The lowest BCUT2D eigenvalue weighted by molar-refractivity contribution is 0.0935. The number of pyridine rings is 1. The van der Waals surface area contributed by atoms with Crippen LogP contribution in [0.2, 0.25) is 0 Å². The third-order valence-corrected chi connectivity index (χ3v) is 3.29. The molecule has 6 heteroatoms. The molecular formula is C17H23N5O. The molecule has 2 rings (SSSR count). The molecule has 0 aliphatic heterocycles. The number of nitrogens with one attached hydrogen (secondary N) is 1. The van der Waals surface area contributed by atoms with Gasteiger partial charge in [0, 0.05) is 24.1 Å². The van der Waals surface area contributed by atoms with E-state index < -0.39 is 0 Å². The van der Waals surface area contributed by atoms with Gasteiger partial charge in [-0.25, -0.2) is 9.97 Å². The average Bonchev–Trinajstić information content (AvgIpc) is 2.46. The van der Waals surface area contributed by atoms with Crippen molar-refractivity contribution in [3.8, 4) is 0 Å². The number of aromatic nitrogens is 3. The first-order valence-corrected chi connectivity index (χ1v) is 7.77. The predicted octanol–water partition coefficient (Wildman–Crippen LogP) is 2.01. The number of hydrogen-bond donors (Lipinski definition) is 2.